The van der Waals surface area contributed by atoms with Crippen molar-refractivity contribution in [3.63, 3.8) is 0 Å². The topological polar surface area (TPSA) is 34.5 Å². The van der Waals surface area contributed by atoms with E-state index in [2.05, 4.69) is 33.0 Å². The van der Waals surface area contributed by atoms with Crippen LogP contribution >= 0.6 is 15.9 Å². The Hall–Kier alpha value is -1.59. The second-order valence-electron chi connectivity index (χ2n) is 5.14. The van der Waals surface area contributed by atoms with Crippen LogP contribution in [0.3, 0.4) is 0 Å². The van der Waals surface area contributed by atoms with Crippen molar-refractivity contribution in [1.29, 1.82) is 0 Å². The highest BCUT2D eigenvalue weighted by Crippen LogP contribution is 2.26. The fraction of sp³-hybridized carbons (Fsp3) is 0.312. The van der Waals surface area contributed by atoms with E-state index in [-0.39, 0.29) is 11.7 Å². The minimum absolute atomic E-state index is 0.0131. The van der Waals surface area contributed by atoms with Crippen molar-refractivity contribution < 1.29 is 4.74 Å². The van der Waals surface area contributed by atoms with Crippen LogP contribution < -0.4 is 10.5 Å². The molecule has 1 fully saturated rings. The Bertz CT molecular complexity index is 681. The molecule has 0 radical (unpaired) electrons. The minimum Gasteiger partial charge on any atom is -0.370 e. The van der Waals surface area contributed by atoms with Gasteiger partial charge in [-0.15, -0.1) is 0 Å². The fourth-order valence-corrected chi connectivity index (χ4v) is 2.87. The molecule has 110 valence electrons. The van der Waals surface area contributed by atoms with Gasteiger partial charge in [-0.25, -0.2) is 0 Å². The molecule has 1 aromatic heterocycles. The molecule has 1 atom stereocenters. The Morgan fingerprint density at radius 2 is 1.95 bits per heavy atom. The molecule has 3 rings (SSSR count). The lowest BCUT2D eigenvalue weighted by atomic mass is 10.1. The van der Waals surface area contributed by atoms with Gasteiger partial charge in [-0.3, -0.25) is 9.36 Å². The summed E-state index contributed by atoms with van der Waals surface area (Å²) in [4.78, 5) is 14.0. The van der Waals surface area contributed by atoms with Gasteiger partial charge in [0.1, 0.15) is 11.9 Å². The minimum atomic E-state index is 0.0131. The summed E-state index contributed by atoms with van der Waals surface area (Å²) >= 11 is 3.45. The van der Waals surface area contributed by atoms with E-state index in [1.54, 1.807) is 10.6 Å². The molecule has 0 saturated carbocycles. The summed E-state index contributed by atoms with van der Waals surface area (Å²) in [5.41, 5.74) is 1.17. The van der Waals surface area contributed by atoms with E-state index in [0.717, 1.165) is 28.9 Å². The zero-order chi connectivity index (χ0) is 14.8. The highest BCUT2D eigenvalue weighted by Gasteiger charge is 2.23. The Morgan fingerprint density at radius 1 is 1.19 bits per heavy atom. The van der Waals surface area contributed by atoms with Gasteiger partial charge in [-0.2, -0.15) is 0 Å². The number of ether oxygens (including phenoxy) is 1. The molecule has 2 heterocycles. The van der Waals surface area contributed by atoms with E-state index in [9.17, 15) is 4.79 Å². The molecule has 5 heteroatoms. The second kappa shape index (κ2) is 6.03. The largest absolute Gasteiger partial charge is 0.370 e. The lowest BCUT2D eigenvalue weighted by Crippen LogP contribution is -2.40. The van der Waals surface area contributed by atoms with Crippen LogP contribution in [0.5, 0.6) is 0 Å². The molecule has 2 aromatic rings. The Morgan fingerprint density at radius 3 is 2.71 bits per heavy atom. The maximum Gasteiger partial charge on any atom is 0.251 e. The van der Waals surface area contributed by atoms with E-state index in [0.29, 0.717) is 6.61 Å². The van der Waals surface area contributed by atoms with Crippen molar-refractivity contribution in [2.45, 2.75) is 6.10 Å². The number of hydrogen-bond acceptors (Lipinski definition) is 3. The third kappa shape index (κ3) is 3.04. The van der Waals surface area contributed by atoms with Crippen LogP contribution in [-0.4, -0.2) is 24.3 Å². The molecule has 0 spiro atoms. The van der Waals surface area contributed by atoms with Crippen molar-refractivity contribution >= 4 is 21.7 Å². The van der Waals surface area contributed by atoms with Crippen LogP contribution in [0.1, 0.15) is 11.7 Å². The lowest BCUT2D eigenvalue weighted by Gasteiger charge is -2.35. The number of benzene rings is 1. The monoisotopic (exact) mass is 348 g/mol. The maximum absolute atomic E-state index is 11.8. The van der Waals surface area contributed by atoms with Gasteiger partial charge < -0.3 is 9.64 Å². The van der Waals surface area contributed by atoms with Gasteiger partial charge in [0.05, 0.1) is 6.61 Å². The third-order valence-electron chi connectivity index (χ3n) is 3.79. The zero-order valence-electron chi connectivity index (χ0n) is 11.8. The summed E-state index contributed by atoms with van der Waals surface area (Å²) in [5.74, 6) is 0.938. The average Bonchev–Trinajstić information content (AvgIpc) is 2.51. The van der Waals surface area contributed by atoms with Crippen molar-refractivity contribution in [2.24, 2.45) is 7.05 Å². The number of morpholine rings is 1. The zero-order valence-corrected chi connectivity index (χ0v) is 13.4. The number of anilines is 1. The summed E-state index contributed by atoms with van der Waals surface area (Å²) in [6.45, 7) is 2.20. The normalized spacial score (nSPS) is 18.8. The van der Waals surface area contributed by atoms with Gasteiger partial charge in [0.15, 0.2) is 0 Å². The Balaban J connectivity index is 1.84. The van der Waals surface area contributed by atoms with E-state index in [1.807, 2.05) is 31.3 Å². The first-order valence-electron chi connectivity index (χ1n) is 6.93. The summed E-state index contributed by atoms with van der Waals surface area (Å²) in [6, 6.07) is 13.6. The van der Waals surface area contributed by atoms with Crippen LogP contribution in [0.25, 0.3) is 0 Å². The molecule has 4 nitrogen and oxygen atoms in total. The predicted molar refractivity (Wildman–Crippen MR) is 86.7 cm³/mol. The van der Waals surface area contributed by atoms with Gasteiger partial charge in [0, 0.05) is 30.7 Å². The molecular weight excluding hydrogens is 332 g/mol. The van der Waals surface area contributed by atoms with Crippen molar-refractivity contribution in [3.8, 4) is 0 Å². The van der Waals surface area contributed by atoms with Gasteiger partial charge in [-0.05, 0) is 23.8 Å². The molecule has 1 aliphatic heterocycles. The number of pyridine rings is 1. The van der Waals surface area contributed by atoms with E-state index in [4.69, 9.17) is 4.74 Å². The number of aromatic nitrogens is 1. The van der Waals surface area contributed by atoms with Crippen LogP contribution in [0.2, 0.25) is 0 Å². The standard InChI is InChI=1S/C16H17BrN2O2/c1-18-15(3-2-4-16(18)20)19-9-10-21-14(11-19)12-5-7-13(17)8-6-12/h2-8,14H,9-11H2,1H3/t14-/m1/s1. The molecule has 0 N–H and O–H groups in total. The first kappa shape index (κ1) is 14.4. The third-order valence-corrected chi connectivity index (χ3v) is 4.32. The highest BCUT2D eigenvalue weighted by molar-refractivity contribution is 9.10. The average molecular weight is 349 g/mol. The number of hydrogen-bond donors (Lipinski definition) is 0. The summed E-state index contributed by atoms with van der Waals surface area (Å²) in [6.07, 6.45) is 0.0298. The van der Waals surface area contributed by atoms with E-state index >= 15 is 0 Å². The van der Waals surface area contributed by atoms with E-state index in [1.165, 1.54) is 0 Å². The molecular formula is C16H17BrN2O2. The van der Waals surface area contributed by atoms with Crippen molar-refractivity contribution in [2.75, 3.05) is 24.6 Å². The smallest absolute Gasteiger partial charge is 0.251 e. The first-order valence-corrected chi connectivity index (χ1v) is 7.72. The number of nitrogens with zero attached hydrogens (tertiary/aromatic N) is 2. The Kier molecular flexibility index (Phi) is 4.12. The Labute approximate surface area is 132 Å². The van der Waals surface area contributed by atoms with Gasteiger partial charge in [0.2, 0.25) is 0 Å². The summed E-state index contributed by atoms with van der Waals surface area (Å²) in [7, 11) is 1.81. The van der Waals surface area contributed by atoms with Gasteiger partial charge in [-0.1, -0.05) is 34.1 Å². The molecule has 0 aliphatic carbocycles. The molecule has 1 saturated heterocycles. The predicted octanol–water partition coefficient (Wildman–Crippen LogP) is 2.73. The fourth-order valence-electron chi connectivity index (χ4n) is 2.61. The number of halogens is 1. The van der Waals surface area contributed by atoms with E-state index < -0.39 is 0 Å². The highest BCUT2D eigenvalue weighted by atomic mass is 79.9. The van der Waals surface area contributed by atoms with Crippen LogP contribution in [0, 0.1) is 0 Å². The van der Waals surface area contributed by atoms with Crippen LogP contribution in [0.4, 0.5) is 5.82 Å². The second-order valence-corrected chi connectivity index (χ2v) is 6.05. The molecule has 0 unspecified atom stereocenters. The van der Waals surface area contributed by atoms with Crippen LogP contribution in [-0.2, 0) is 11.8 Å². The maximum atomic E-state index is 11.8. The molecule has 0 amide bonds. The summed E-state index contributed by atoms with van der Waals surface area (Å²) in [5, 5.41) is 0. The van der Waals surface area contributed by atoms with Crippen molar-refractivity contribution in [1.82, 2.24) is 4.57 Å². The lowest BCUT2D eigenvalue weighted by molar-refractivity contribution is 0.0393. The van der Waals surface area contributed by atoms with Gasteiger partial charge in [0.25, 0.3) is 5.56 Å². The molecule has 1 aliphatic rings. The molecule has 1 aromatic carbocycles. The molecule has 0 bridgehead atoms. The van der Waals surface area contributed by atoms with Gasteiger partial charge >= 0.3 is 0 Å². The first-order chi connectivity index (χ1) is 10.1. The van der Waals surface area contributed by atoms with Crippen molar-refractivity contribution in [3.05, 3.63) is 62.9 Å². The quantitative estimate of drug-likeness (QED) is 0.836. The SMILES string of the molecule is Cn1c(N2CCO[C@@H](c3ccc(Br)cc3)C2)cccc1=O. The van der Waals surface area contributed by atoms with Crippen LogP contribution in [0.15, 0.2) is 51.7 Å². The molecule has 21 heavy (non-hydrogen) atoms. The summed E-state index contributed by atoms with van der Waals surface area (Å²) < 4.78 is 8.63. The number of rotatable bonds is 2.